The number of thioether (sulfide) groups is 1. The highest BCUT2D eigenvalue weighted by Gasteiger charge is 2.02. The highest BCUT2D eigenvalue weighted by Crippen LogP contribution is 2.21. The number of hydrogen-bond donors (Lipinski definition) is 2. The Balaban J connectivity index is 2.05. The molecule has 20 heavy (non-hydrogen) atoms. The normalized spacial score (nSPS) is 10.2. The third kappa shape index (κ3) is 8.22. The van der Waals surface area contributed by atoms with Gasteiger partial charge in [-0.2, -0.15) is 0 Å². The highest BCUT2D eigenvalue weighted by atomic mass is 79.9. The van der Waals surface area contributed by atoms with Gasteiger partial charge in [-0.3, -0.25) is 9.59 Å². The molecule has 0 spiro atoms. The Labute approximate surface area is 131 Å². The third-order valence-electron chi connectivity index (χ3n) is 2.55. The second kappa shape index (κ2) is 9.83. The summed E-state index contributed by atoms with van der Waals surface area (Å²) in [4.78, 5) is 23.0. The van der Waals surface area contributed by atoms with Gasteiger partial charge >= 0.3 is 5.97 Å². The summed E-state index contributed by atoms with van der Waals surface area (Å²) in [5.41, 5.74) is 0. The number of amides is 1. The Hall–Kier alpha value is -1.01. The molecule has 1 amide bonds. The molecular weight excluding hydrogens is 342 g/mol. The van der Waals surface area contributed by atoms with E-state index >= 15 is 0 Å². The molecule has 0 unspecified atom stereocenters. The maximum Gasteiger partial charge on any atom is 0.303 e. The number of halogens is 1. The van der Waals surface area contributed by atoms with E-state index in [4.69, 9.17) is 5.11 Å². The zero-order chi connectivity index (χ0) is 14.8. The van der Waals surface area contributed by atoms with Crippen LogP contribution in [0.4, 0.5) is 0 Å². The molecule has 0 saturated heterocycles. The molecule has 0 saturated carbocycles. The topological polar surface area (TPSA) is 66.4 Å². The summed E-state index contributed by atoms with van der Waals surface area (Å²) in [7, 11) is 0. The van der Waals surface area contributed by atoms with Crippen molar-refractivity contribution in [2.24, 2.45) is 0 Å². The Morgan fingerprint density at radius 1 is 1.15 bits per heavy atom. The summed E-state index contributed by atoms with van der Waals surface area (Å²) in [6.45, 7) is 0.551. The van der Waals surface area contributed by atoms with Gasteiger partial charge < -0.3 is 10.4 Å². The summed E-state index contributed by atoms with van der Waals surface area (Å²) in [5, 5.41) is 11.3. The molecule has 4 nitrogen and oxygen atoms in total. The summed E-state index contributed by atoms with van der Waals surface area (Å²) >= 11 is 5.02. The quantitative estimate of drug-likeness (QED) is 0.524. The molecule has 2 N–H and O–H groups in total. The number of unbranched alkanes of at least 4 members (excludes halogenated alkanes) is 1. The largest absolute Gasteiger partial charge is 0.481 e. The molecule has 0 fully saturated rings. The van der Waals surface area contributed by atoms with Crippen LogP contribution in [0.1, 0.15) is 25.7 Å². The second-order valence-corrected chi connectivity index (χ2v) is 6.34. The Morgan fingerprint density at radius 3 is 2.50 bits per heavy atom. The third-order valence-corrected chi connectivity index (χ3v) is 4.09. The van der Waals surface area contributed by atoms with Crippen molar-refractivity contribution in [3.8, 4) is 0 Å². The number of carboxylic acids is 1. The monoisotopic (exact) mass is 359 g/mol. The van der Waals surface area contributed by atoms with Crippen molar-refractivity contribution in [1.82, 2.24) is 5.32 Å². The molecule has 0 aliphatic carbocycles. The Bertz CT molecular complexity index is 437. The van der Waals surface area contributed by atoms with Crippen LogP contribution in [0.5, 0.6) is 0 Å². The fourth-order valence-corrected chi connectivity index (χ4v) is 2.63. The van der Waals surface area contributed by atoms with E-state index in [9.17, 15) is 9.59 Å². The first-order chi connectivity index (χ1) is 9.58. The lowest BCUT2D eigenvalue weighted by Gasteiger charge is -2.05. The van der Waals surface area contributed by atoms with Gasteiger partial charge in [-0.1, -0.05) is 15.9 Å². The lowest BCUT2D eigenvalue weighted by molar-refractivity contribution is -0.137. The van der Waals surface area contributed by atoms with Crippen LogP contribution in [0.2, 0.25) is 0 Å². The number of aliphatic carboxylic acids is 1. The maximum absolute atomic E-state index is 11.5. The average molecular weight is 360 g/mol. The Kier molecular flexibility index (Phi) is 8.37. The number of nitrogens with one attached hydrogen (secondary N) is 1. The van der Waals surface area contributed by atoms with Gasteiger partial charge in [0.05, 0.1) is 0 Å². The first kappa shape index (κ1) is 17.0. The van der Waals surface area contributed by atoms with Crippen molar-refractivity contribution in [1.29, 1.82) is 0 Å². The molecule has 0 atom stereocenters. The van der Waals surface area contributed by atoms with Gasteiger partial charge in [-0.05, 0) is 37.1 Å². The average Bonchev–Trinajstić information content (AvgIpc) is 2.40. The first-order valence-corrected chi connectivity index (χ1v) is 8.22. The zero-order valence-corrected chi connectivity index (χ0v) is 13.5. The highest BCUT2D eigenvalue weighted by molar-refractivity contribution is 9.10. The predicted molar refractivity (Wildman–Crippen MR) is 84.0 cm³/mol. The van der Waals surface area contributed by atoms with Crippen molar-refractivity contribution in [3.05, 3.63) is 28.7 Å². The first-order valence-electron chi connectivity index (χ1n) is 6.45. The second-order valence-electron chi connectivity index (χ2n) is 4.25. The SMILES string of the molecule is O=C(O)CCCCNC(=O)CCSc1ccc(Br)cc1. The number of rotatable bonds is 9. The molecule has 1 rings (SSSR count). The van der Waals surface area contributed by atoms with Crippen molar-refractivity contribution >= 4 is 39.6 Å². The maximum atomic E-state index is 11.5. The number of benzene rings is 1. The van der Waals surface area contributed by atoms with Crippen molar-refractivity contribution < 1.29 is 14.7 Å². The van der Waals surface area contributed by atoms with Crippen LogP contribution < -0.4 is 5.32 Å². The zero-order valence-electron chi connectivity index (χ0n) is 11.1. The number of carbonyl (C=O) groups is 2. The van der Waals surface area contributed by atoms with Gasteiger partial charge in [-0.25, -0.2) is 0 Å². The van der Waals surface area contributed by atoms with Gasteiger partial charge in [0.1, 0.15) is 0 Å². The minimum atomic E-state index is -0.790. The van der Waals surface area contributed by atoms with Crippen molar-refractivity contribution in [2.45, 2.75) is 30.6 Å². The van der Waals surface area contributed by atoms with Crippen LogP contribution in [0, 0.1) is 0 Å². The van der Waals surface area contributed by atoms with E-state index in [0.29, 0.717) is 25.8 Å². The lowest BCUT2D eigenvalue weighted by Crippen LogP contribution is -2.24. The van der Waals surface area contributed by atoms with Crippen molar-refractivity contribution in [2.75, 3.05) is 12.3 Å². The molecule has 1 aromatic carbocycles. The molecule has 0 bridgehead atoms. The number of hydrogen-bond acceptors (Lipinski definition) is 3. The van der Waals surface area contributed by atoms with Crippen LogP contribution in [-0.2, 0) is 9.59 Å². The minimum Gasteiger partial charge on any atom is -0.481 e. The van der Waals surface area contributed by atoms with Gasteiger partial charge in [0, 0.05) is 34.5 Å². The summed E-state index contributed by atoms with van der Waals surface area (Å²) in [5.74, 6) is -0.0325. The summed E-state index contributed by atoms with van der Waals surface area (Å²) in [6.07, 6.45) is 1.94. The smallest absolute Gasteiger partial charge is 0.303 e. The number of carbonyl (C=O) groups excluding carboxylic acids is 1. The van der Waals surface area contributed by atoms with E-state index in [1.807, 2.05) is 24.3 Å². The standard InChI is InChI=1S/C14H18BrNO3S/c15-11-4-6-12(7-5-11)20-10-8-13(17)16-9-2-1-3-14(18)19/h4-7H,1-3,8-10H2,(H,16,17)(H,18,19). The van der Waals surface area contributed by atoms with Gasteiger partial charge in [0.2, 0.25) is 5.91 Å². The summed E-state index contributed by atoms with van der Waals surface area (Å²) < 4.78 is 1.04. The van der Waals surface area contributed by atoms with E-state index in [1.54, 1.807) is 11.8 Å². The molecule has 0 aromatic heterocycles. The fourth-order valence-electron chi connectivity index (χ4n) is 1.51. The molecule has 6 heteroatoms. The van der Waals surface area contributed by atoms with Gasteiger partial charge in [0.15, 0.2) is 0 Å². The van der Waals surface area contributed by atoms with Crippen molar-refractivity contribution in [3.63, 3.8) is 0 Å². The fraction of sp³-hybridized carbons (Fsp3) is 0.429. The molecular formula is C14H18BrNO3S. The molecule has 0 heterocycles. The number of carboxylic acid groups (broad SMARTS) is 1. The van der Waals surface area contributed by atoms with E-state index < -0.39 is 5.97 Å². The summed E-state index contributed by atoms with van der Waals surface area (Å²) in [6, 6.07) is 7.98. The van der Waals surface area contributed by atoms with Crippen LogP contribution in [0.15, 0.2) is 33.6 Å². The van der Waals surface area contributed by atoms with Crippen LogP contribution in [0.25, 0.3) is 0 Å². The van der Waals surface area contributed by atoms with Crippen LogP contribution >= 0.6 is 27.7 Å². The molecule has 0 aliphatic rings. The van der Waals surface area contributed by atoms with Gasteiger partial charge in [0.25, 0.3) is 0 Å². The van der Waals surface area contributed by atoms with Crippen LogP contribution in [-0.4, -0.2) is 29.3 Å². The van der Waals surface area contributed by atoms with E-state index in [0.717, 1.165) is 15.1 Å². The van der Waals surface area contributed by atoms with E-state index in [2.05, 4.69) is 21.2 Å². The lowest BCUT2D eigenvalue weighted by atomic mass is 10.2. The Morgan fingerprint density at radius 2 is 1.85 bits per heavy atom. The molecule has 110 valence electrons. The van der Waals surface area contributed by atoms with Crippen LogP contribution in [0.3, 0.4) is 0 Å². The van der Waals surface area contributed by atoms with E-state index in [-0.39, 0.29) is 12.3 Å². The minimum absolute atomic E-state index is 0.0185. The molecule has 1 aromatic rings. The van der Waals surface area contributed by atoms with E-state index in [1.165, 1.54) is 0 Å². The molecule has 0 radical (unpaired) electrons. The van der Waals surface area contributed by atoms with Gasteiger partial charge in [-0.15, -0.1) is 11.8 Å². The predicted octanol–water partition coefficient (Wildman–Crippen LogP) is 3.30. The molecule has 0 aliphatic heterocycles.